The van der Waals surface area contributed by atoms with Crippen molar-refractivity contribution in [2.45, 2.75) is 6.92 Å². The van der Waals surface area contributed by atoms with E-state index in [1.165, 1.54) is 10.6 Å². The number of imidazole rings is 1. The summed E-state index contributed by atoms with van der Waals surface area (Å²) in [5.41, 5.74) is 0.811. The first-order chi connectivity index (χ1) is 11.6. The number of aromatic amines is 1. The van der Waals surface area contributed by atoms with Gasteiger partial charge in [-0.3, -0.25) is 9.55 Å². The molecule has 3 aromatic rings. The van der Waals surface area contributed by atoms with Crippen LogP contribution < -0.4 is 5.69 Å². The normalized spacial score (nSPS) is 10.5. The van der Waals surface area contributed by atoms with Gasteiger partial charge in [0.15, 0.2) is 5.69 Å². The number of esters is 1. The zero-order valence-electron chi connectivity index (χ0n) is 13.0. The fourth-order valence-corrected chi connectivity index (χ4v) is 2.54. The Kier molecular flexibility index (Phi) is 4.20. The second kappa shape index (κ2) is 6.45. The molecule has 6 nitrogen and oxygen atoms in total. The Morgan fingerprint density at radius 2 is 1.79 bits per heavy atom. The number of phenols is 1. The summed E-state index contributed by atoms with van der Waals surface area (Å²) in [6, 6.07) is 15.4. The third-order valence-corrected chi connectivity index (χ3v) is 3.54. The molecule has 0 radical (unpaired) electrons. The predicted molar refractivity (Wildman–Crippen MR) is 89.4 cm³/mol. The molecule has 6 heteroatoms. The van der Waals surface area contributed by atoms with Gasteiger partial charge in [-0.1, -0.05) is 42.5 Å². The summed E-state index contributed by atoms with van der Waals surface area (Å²) in [5.74, 6) is -0.686. The maximum atomic E-state index is 12.5. The molecule has 0 unspecified atom stereocenters. The first-order valence-corrected chi connectivity index (χ1v) is 7.49. The van der Waals surface area contributed by atoms with Crippen molar-refractivity contribution in [2.75, 3.05) is 6.61 Å². The van der Waals surface area contributed by atoms with E-state index in [0.29, 0.717) is 11.3 Å². The van der Waals surface area contributed by atoms with Crippen molar-refractivity contribution in [1.29, 1.82) is 0 Å². The molecule has 0 saturated heterocycles. The molecular formula is C18H16N2O4. The van der Waals surface area contributed by atoms with E-state index in [-0.39, 0.29) is 23.7 Å². The summed E-state index contributed by atoms with van der Waals surface area (Å²) in [6.45, 7) is 1.88. The van der Waals surface area contributed by atoms with Gasteiger partial charge in [-0.15, -0.1) is 0 Å². The molecule has 3 rings (SSSR count). The number of aromatic hydroxyl groups is 1. The number of nitrogens with zero attached hydrogens (tertiary/aromatic N) is 1. The van der Waals surface area contributed by atoms with Crippen LogP contribution in [-0.2, 0) is 4.74 Å². The minimum absolute atomic E-state index is 0.0521. The number of rotatable bonds is 4. The average molecular weight is 324 g/mol. The number of benzene rings is 2. The molecule has 1 heterocycles. The van der Waals surface area contributed by atoms with Crippen molar-refractivity contribution in [3.05, 3.63) is 70.8 Å². The van der Waals surface area contributed by atoms with Crippen LogP contribution in [0.15, 0.2) is 59.4 Å². The van der Waals surface area contributed by atoms with Crippen LogP contribution in [0.1, 0.15) is 17.4 Å². The second-order valence-corrected chi connectivity index (χ2v) is 5.06. The van der Waals surface area contributed by atoms with Gasteiger partial charge in [-0.05, 0) is 19.1 Å². The topological polar surface area (TPSA) is 84.3 Å². The fourth-order valence-electron chi connectivity index (χ4n) is 2.54. The Hall–Kier alpha value is -3.28. The van der Waals surface area contributed by atoms with E-state index in [0.717, 1.165) is 0 Å². The third-order valence-electron chi connectivity index (χ3n) is 3.54. The predicted octanol–water partition coefficient (Wildman–Crippen LogP) is 2.71. The van der Waals surface area contributed by atoms with Crippen molar-refractivity contribution in [2.24, 2.45) is 0 Å². The molecule has 2 N–H and O–H groups in total. The van der Waals surface area contributed by atoms with E-state index in [1.54, 1.807) is 49.4 Å². The van der Waals surface area contributed by atoms with Crippen molar-refractivity contribution < 1.29 is 14.6 Å². The van der Waals surface area contributed by atoms with E-state index in [9.17, 15) is 14.7 Å². The van der Waals surface area contributed by atoms with E-state index < -0.39 is 11.7 Å². The summed E-state index contributed by atoms with van der Waals surface area (Å²) in [7, 11) is 0. The Morgan fingerprint density at radius 1 is 1.12 bits per heavy atom. The smallest absolute Gasteiger partial charge is 0.357 e. The number of aromatic nitrogens is 2. The molecule has 2 aromatic carbocycles. The lowest BCUT2D eigenvalue weighted by molar-refractivity contribution is 0.0521. The van der Waals surface area contributed by atoms with Gasteiger partial charge in [0.2, 0.25) is 0 Å². The van der Waals surface area contributed by atoms with E-state index >= 15 is 0 Å². The maximum absolute atomic E-state index is 12.5. The summed E-state index contributed by atoms with van der Waals surface area (Å²) >= 11 is 0. The maximum Gasteiger partial charge on any atom is 0.357 e. The highest BCUT2D eigenvalue weighted by molar-refractivity contribution is 5.95. The number of carbonyl (C=O) groups is 1. The minimum atomic E-state index is -0.623. The van der Waals surface area contributed by atoms with Crippen LogP contribution >= 0.6 is 0 Å². The van der Waals surface area contributed by atoms with Crippen LogP contribution in [0.2, 0.25) is 0 Å². The summed E-state index contributed by atoms with van der Waals surface area (Å²) < 4.78 is 6.31. The van der Waals surface area contributed by atoms with Crippen molar-refractivity contribution in [3.63, 3.8) is 0 Å². The number of nitrogens with one attached hydrogen (secondary N) is 1. The Balaban J connectivity index is 2.32. The SMILES string of the molecule is CCOC(=O)c1[nH]c(=O)n(-c2ccccc2O)c1-c1ccccc1. The number of phenolic OH excluding ortho intramolecular Hbond substituents is 1. The summed E-state index contributed by atoms with van der Waals surface area (Å²) in [6.07, 6.45) is 0. The average Bonchev–Trinajstić information content (AvgIpc) is 2.94. The zero-order valence-corrected chi connectivity index (χ0v) is 13.0. The van der Waals surface area contributed by atoms with Gasteiger partial charge in [0, 0.05) is 5.56 Å². The molecule has 0 spiro atoms. The molecule has 0 aliphatic carbocycles. The molecule has 0 aliphatic rings. The van der Waals surface area contributed by atoms with Crippen molar-refractivity contribution in [1.82, 2.24) is 9.55 Å². The highest BCUT2D eigenvalue weighted by Gasteiger charge is 2.24. The molecule has 0 saturated carbocycles. The van der Waals surface area contributed by atoms with Crippen LogP contribution in [-0.4, -0.2) is 27.2 Å². The minimum Gasteiger partial charge on any atom is -0.506 e. The molecule has 1 aromatic heterocycles. The van der Waals surface area contributed by atoms with Crippen LogP contribution in [0.5, 0.6) is 5.75 Å². The molecular weight excluding hydrogens is 308 g/mol. The van der Waals surface area contributed by atoms with Gasteiger partial charge in [0.1, 0.15) is 5.75 Å². The standard InChI is InChI=1S/C18H16N2O4/c1-2-24-17(22)15-16(12-8-4-3-5-9-12)20(18(23)19-15)13-10-6-7-11-14(13)21/h3-11,21H,2H2,1H3,(H,19,23). The number of hydrogen-bond donors (Lipinski definition) is 2. The second-order valence-electron chi connectivity index (χ2n) is 5.06. The number of H-pyrrole nitrogens is 1. The van der Waals surface area contributed by atoms with E-state index in [1.807, 2.05) is 6.07 Å². The number of hydrogen-bond acceptors (Lipinski definition) is 4. The van der Waals surface area contributed by atoms with E-state index in [2.05, 4.69) is 4.98 Å². The molecule has 24 heavy (non-hydrogen) atoms. The van der Waals surface area contributed by atoms with Crippen molar-refractivity contribution in [3.8, 4) is 22.7 Å². The molecule has 0 bridgehead atoms. The van der Waals surface area contributed by atoms with Gasteiger partial charge in [-0.2, -0.15) is 0 Å². The van der Waals surface area contributed by atoms with Gasteiger partial charge < -0.3 is 9.84 Å². The lowest BCUT2D eigenvalue weighted by Gasteiger charge is -2.10. The first-order valence-electron chi connectivity index (χ1n) is 7.49. The number of carbonyl (C=O) groups excluding carboxylic acids is 1. The van der Waals surface area contributed by atoms with Gasteiger partial charge in [0.25, 0.3) is 0 Å². The molecule has 0 fully saturated rings. The van der Waals surface area contributed by atoms with E-state index in [4.69, 9.17) is 4.74 Å². The molecule has 0 aliphatic heterocycles. The van der Waals surface area contributed by atoms with Crippen molar-refractivity contribution >= 4 is 5.97 Å². The fraction of sp³-hybridized carbons (Fsp3) is 0.111. The summed E-state index contributed by atoms with van der Waals surface area (Å²) in [4.78, 5) is 27.3. The molecule has 0 atom stereocenters. The highest BCUT2D eigenvalue weighted by atomic mass is 16.5. The molecule has 122 valence electrons. The number of para-hydroxylation sites is 2. The molecule has 0 amide bonds. The lowest BCUT2D eigenvalue weighted by Crippen LogP contribution is -2.15. The van der Waals surface area contributed by atoms with Gasteiger partial charge in [0.05, 0.1) is 18.0 Å². The largest absolute Gasteiger partial charge is 0.506 e. The van der Waals surface area contributed by atoms with Crippen LogP contribution in [0.25, 0.3) is 16.9 Å². The van der Waals surface area contributed by atoms with Gasteiger partial charge in [-0.25, -0.2) is 9.59 Å². The van der Waals surface area contributed by atoms with Crippen LogP contribution in [0, 0.1) is 0 Å². The quantitative estimate of drug-likeness (QED) is 0.723. The Labute approximate surface area is 138 Å². The Bertz CT molecular complexity index is 926. The number of ether oxygens (including phenoxy) is 1. The van der Waals surface area contributed by atoms with Gasteiger partial charge >= 0.3 is 11.7 Å². The summed E-state index contributed by atoms with van der Waals surface area (Å²) in [5, 5.41) is 10.1. The van der Waals surface area contributed by atoms with Crippen LogP contribution in [0.4, 0.5) is 0 Å². The highest BCUT2D eigenvalue weighted by Crippen LogP contribution is 2.28. The first kappa shape index (κ1) is 15.6. The third kappa shape index (κ3) is 2.69. The zero-order chi connectivity index (χ0) is 17.1. The Morgan fingerprint density at radius 3 is 2.46 bits per heavy atom. The lowest BCUT2D eigenvalue weighted by atomic mass is 10.1. The van der Waals surface area contributed by atoms with Crippen LogP contribution in [0.3, 0.4) is 0 Å². The monoisotopic (exact) mass is 324 g/mol.